The number of hydrogen-bond donors (Lipinski definition) is 2. The molecule has 2 N–H and O–H groups in total. The molecule has 394 valence electrons. The van der Waals surface area contributed by atoms with Crippen molar-refractivity contribution in [2.24, 2.45) is 0 Å². The number of amides is 4. The summed E-state index contributed by atoms with van der Waals surface area (Å²) in [6, 6.07) is 12.7. The van der Waals surface area contributed by atoms with Crippen molar-refractivity contribution in [3.8, 4) is 22.8 Å². The van der Waals surface area contributed by atoms with Crippen molar-refractivity contribution >= 4 is 35.0 Å². The molecule has 2 saturated heterocycles. The molecule has 0 aliphatic carbocycles. The smallest absolute Gasteiger partial charge is 0.416 e. The predicted octanol–water partition coefficient (Wildman–Crippen LogP) is 6.57. The number of aromatic nitrogens is 5. The number of carbonyl (C=O) groups is 4. The summed E-state index contributed by atoms with van der Waals surface area (Å²) in [6.07, 6.45) is 5.89. The largest absolute Gasteiger partial charge is 0.494 e. The molecule has 2 aromatic carbocycles. The van der Waals surface area contributed by atoms with E-state index in [1.165, 1.54) is 23.2 Å². The lowest BCUT2D eigenvalue weighted by Crippen LogP contribution is -2.52. The number of anilines is 2. The van der Waals surface area contributed by atoms with Crippen LogP contribution in [0.25, 0.3) is 11.1 Å². The van der Waals surface area contributed by atoms with E-state index < -0.39 is 29.6 Å². The van der Waals surface area contributed by atoms with Gasteiger partial charge in [-0.05, 0) is 74.2 Å². The Morgan fingerprint density at radius 1 is 0.838 bits per heavy atom. The Balaban J connectivity index is 0.666. The molecular weight excluding hydrogens is 968 g/mol. The first kappa shape index (κ1) is 53.3. The highest BCUT2D eigenvalue weighted by Crippen LogP contribution is 2.35. The van der Waals surface area contributed by atoms with Gasteiger partial charge in [-0.3, -0.25) is 34.2 Å². The standard InChI is InChI=1S/C52H60F3N9O10/c1-35-43(28-40(31-56-35)58-48(66)36-8-7-9-39(26-36)52(53,54)55)38-27-46(62-15-18-69-19-16-62)50(57-30-38)74-25-24-71-21-20-70-22-23-72-34-41-33-63(61-60-41)14-5-3-2-4-6-17-73-42-11-10-37-32-64(51(68)44(37)29-42)45-12-13-47(65)59-49(45)67/h7-11,26-31,33,45H,2-6,12-25,32,34H2,1H3,(H,58,66)(H,59,65,67). The first-order valence-corrected chi connectivity index (χ1v) is 24.8. The summed E-state index contributed by atoms with van der Waals surface area (Å²) in [7, 11) is 0. The van der Waals surface area contributed by atoms with E-state index in [0.29, 0.717) is 125 Å². The maximum absolute atomic E-state index is 13.3. The number of unbranched alkanes of at least 4 members (excludes halogenated alkanes) is 4. The number of halogens is 3. The first-order valence-electron chi connectivity index (χ1n) is 24.8. The zero-order valence-electron chi connectivity index (χ0n) is 41.2. The Kier molecular flexibility index (Phi) is 18.6. The molecule has 3 aliphatic rings. The van der Waals surface area contributed by atoms with Crippen LogP contribution in [0, 0.1) is 6.92 Å². The Hall–Kier alpha value is -7.01. The molecule has 0 saturated carbocycles. The van der Waals surface area contributed by atoms with Crippen LogP contribution in [0.2, 0.25) is 0 Å². The molecule has 0 radical (unpaired) electrons. The fourth-order valence-corrected chi connectivity index (χ4v) is 8.71. The Bertz CT molecular complexity index is 2730. The molecule has 1 unspecified atom stereocenters. The first-order chi connectivity index (χ1) is 35.9. The third-order valence-corrected chi connectivity index (χ3v) is 12.6. The summed E-state index contributed by atoms with van der Waals surface area (Å²) in [5.74, 6) is -0.599. The van der Waals surface area contributed by atoms with Crippen LogP contribution in [0.4, 0.5) is 24.5 Å². The monoisotopic (exact) mass is 1030 g/mol. The molecule has 2 fully saturated rings. The van der Waals surface area contributed by atoms with Crippen LogP contribution >= 0.6 is 0 Å². The number of nitrogens with zero attached hydrogens (tertiary/aromatic N) is 7. The number of morpholine rings is 1. The van der Waals surface area contributed by atoms with Gasteiger partial charge in [0, 0.05) is 66.7 Å². The lowest BCUT2D eigenvalue weighted by atomic mass is 10.0. The number of imide groups is 1. The second-order valence-corrected chi connectivity index (χ2v) is 18.0. The fourth-order valence-electron chi connectivity index (χ4n) is 8.71. The van der Waals surface area contributed by atoms with Crippen molar-refractivity contribution in [3.05, 3.63) is 107 Å². The Morgan fingerprint density at radius 2 is 1.61 bits per heavy atom. The highest BCUT2D eigenvalue weighted by Gasteiger charge is 2.39. The maximum Gasteiger partial charge on any atom is 0.416 e. The molecule has 74 heavy (non-hydrogen) atoms. The van der Waals surface area contributed by atoms with Crippen LogP contribution in [0.1, 0.15) is 88.2 Å². The number of pyridine rings is 2. The average molecular weight is 1030 g/mol. The van der Waals surface area contributed by atoms with Gasteiger partial charge in [0.05, 0.1) is 83.1 Å². The molecule has 19 nitrogen and oxygen atoms in total. The number of alkyl halides is 3. The van der Waals surface area contributed by atoms with Crippen LogP contribution in [-0.4, -0.2) is 132 Å². The van der Waals surface area contributed by atoms with E-state index in [2.05, 4.69) is 35.8 Å². The van der Waals surface area contributed by atoms with Gasteiger partial charge in [-0.1, -0.05) is 36.6 Å². The minimum atomic E-state index is -4.58. The van der Waals surface area contributed by atoms with Crippen molar-refractivity contribution in [2.75, 3.05) is 82.8 Å². The van der Waals surface area contributed by atoms with Gasteiger partial charge in [-0.15, -0.1) is 5.10 Å². The third kappa shape index (κ3) is 14.6. The van der Waals surface area contributed by atoms with Crippen molar-refractivity contribution < 1.29 is 60.8 Å². The van der Waals surface area contributed by atoms with E-state index in [1.807, 2.05) is 36.0 Å². The number of benzene rings is 2. The SMILES string of the molecule is Cc1ncc(NC(=O)c2cccc(C(F)(F)F)c2)cc1-c1cnc(OCCOCCOCCOCc2cn(CCCCCCCOc3ccc4c(c3)C(=O)N(C3CCC(=O)NC3=O)C4)nn2)c(N2CCOCC2)c1. The van der Waals surface area contributed by atoms with Crippen molar-refractivity contribution in [1.29, 1.82) is 0 Å². The van der Waals surface area contributed by atoms with Gasteiger partial charge >= 0.3 is 6.18 Å². The summed E-state index contributed by atoms with van der Waals surface area (Å²) in [4.78, 5) is 62.6. The molecule has 6 heterocycles. The van der Waals surface area contributed by atoms with Gasteiger partial charge in [0.25, 0.3) is 11.8 Å². The zero-order valence-corrected chi connectivity index (χ0v) is 41.2. The van der Waals surface area contributed by atoms with Crippen LogP contribution < -0.4 is 25.0 Å². The van der Waals surface area contributed by atoms with E-state index in [0.717, 1.165) is 67.7 Å². The van der Waals surface area contributed by atoms with Gasteiger partial charge in [0.15, 0.2) is 0 Å². The van der Waals surface area contributed by atoms with Gasteiger partial charge < -0.3 is 43.5 Å². The summed E-state index contributed by atoms with van der Waals surface area (Å²) >= 11 is 0. The number of rotatable bonds is 26. The molecule has 5 aromatic rings. The van der Waals surface area contributed by atoms with E-state index in [4.69, 9.17) is 28.4 Å². The van der Waals surface area contributed by atoms with Crippen LogP contribution in [0.3, 0.4) is 0 Å². The van der Waals surface area contributed by atoms with Crippen LogP contribution in [0.15, 0.2) is 73.2 Å². The van der Waals surface area contributed by atoms with E-state index >= 15 is 0 Å². The van der Waals surface area contributed by atoms with Gasteiger partial charge in [-0.2, -0.15) is 13.2 Å². The molecule has 1 atom stereocenters. The summed E-state index contributed by atoms with van der Waals surface area (Å²) < 4.78 is 76.4. The lowest BCUT2D eigenvalue weighted by Gasteiger charge is -2.30. The van der Waals surface area contributed by atoms with Crippen LogP contribution in [0.5, 0.6) is 11.6 Å². The topological polar surface area (TPSA) is 211 Å². The number of piperidine rings is 1. The molecule has 4 amide bonds. The zero-order chi connectivity index (χ0) is 51.9. The van der Waals surface area contributed by atoms with E-state index in [-0.39, 0.29) is 30.4 Å². The summed E-state index contributed by atoms with van der Waals surface area (Å²) in [5, 5.41) is 13.4. The van der Waals surface area contributed by atoms with E-state index in [9.17, 15) is 32.3 Å². The second kappa shape index (κ2) is 25.8. The molecule has 3 aliphatic heterocycles. The number of fused-ring (bicyclic) bond motifs is 1. The molecule has 0 bridgehead atoms. The quantitative estimate of drug-likeness (QED) is 0.0443. The normalized spacial score (nSPS) is 15.8. The van der Waals surface area contributed by atoms with Crippen molar-refractivity contribution in [2.45, 2.75) is 83.8 Å². The summed E-state index contributed by atoms with van der Waals surface area (Å²) in [6.45, 7) is 8.11. The van der Waals surface area contributed by atoms with Gasteiger partial charge in [-0.25, -0.2) is 4.98 Å². The number of aryl methyl sites for hydroxylation is 2. The average Bonchev–Trinajstić information content (AvgIpc) is 4.00. The highest BCUT2D eigenvalue weighted by molar-refractivity contribution is 6.06. The van der Waals surface area contributed by atoms with Crippen molar-refractivity contribution in [3.63, 3.8) is 0 Å². The number of carbonyl (C=O) groups excluding carboxylic acids is 4. The highest BCUT2D eigenvalue weighted by atomic mass is 19.4. The Morgan fingerprint density at radius 3 is 2.41 bits per heavy atom. The number of nitrogens with one attached hydrogen (secondary N) is 2. The van der Waals surface area contributed by atoms with Crippen LogP contribution in [-0.2, 0) is 54.4 Å². The lowest BCUT2D eigenvalue weighted by molar-refractivity contribution is -0.138. The second-order valence-electron chi connectivity index (χ2n) is 18.0. The minimum absolute atomic E-state index is 0.130. The predicted molar refractivity (Wildman–Crippen MR) is 263 cm³/mol. The minimum Gasteiger partial charge on any atom is -0.494 e. The summed E-state index contributed by atoms with van der Waals surface area (Å²) in [5.41, 5.74) is 4.20. The maximum atomic E-state index is 13.3. The molecule has 3 aromatic heterocycles. The van der Waals surface area contributed by atoms with Crippen molar-refractivity contribution in [1.82, 2.24) is 35.2 Å². The fraction of sp³-hybridized carbons (Fsp3) is 0.462. The van der Waals surface area contributed by atoms with Gasteiger partial charge in [0.2, 0.25) is 17.7 Å². The van der Waals surface area contributed by atoms with Gasteiger partial charge in [0.1, 0.15) is 29.8 Å². The molecular formula is C52H60F3N9O10. The molecule has 22 heteroatoms. The molecule has 8 rings (SSSR count). The van der Waals surface area contributed by atoms with E-state index in [1.54, 1.807) is 18.3 Å². The third-order valence-electron chi connectivity index (χ3n) is 12.6. The number of ether oxygens (including phenoxy) is 6. The molecule has 0 spiro atoms. The number of hydrogen-bond acceptors (Lipinski definition) is 15. The Labute approximate surface area is 426 Å².